The van der Waals surface area contributed by atoms with E-state index >= 15 is 0 Å². The number of benzene rings is 2. The third-order valence-corrected chi connectivity index (χ3v) is 4.75. The quantitative estimate of drug-likeness (QED) is 0.672. The number of aryl methyl sites for hydroxylation is 1. The van der Waals surface area contributed by atoms with E-state index in [0.717, 1.165) is 16.0 Å². The van der Waals surface area contributed by atoms with E-state index in [4.69, 9.17) is 0 Å². The van der Waals surface area contributed by atoms with Crippen molar-refractivity contribution in [1.29, 1.82) is 0 Å². The Labute approximate surface area is 168 Å². The minimum Gasteiger partial charge on any atom is -0.334 e. The standard InChI is InChI=1S/C21H22N4O4/c1-14-8-10-16(11-9-14)21(2)18(27)25(20(29)24-21)13-17(26)23-19(28)22-12-15-6-4-3-5-7-15/h3-11H,12-13H2,1-2H3,(H,24,29)(H2,22,23,26,28)/t21-/m1/s1. The maximum absolute atomic E-state index is 12.8. The van der Waals surface area contributed by atoms with Gasteiger partial charge < -0.3 is 10.6 Å². The van der Waals surface area contributed by atoms with Crippen LogP contribution < -0.4 is 16.0 Å². The third-order valence-electron chi connectivity index (χ3n) is 4.75. The van der Waals surface area contributed by atoms with Gasteiger partial charge in [-0.2, -0.15) is 0 Å². The second kappa shape index (κ2) is 8.14. The van der Waals surface area contributed by atoms with Gasteiger partial charge in [0.05, 0.1) is 0 Å². The van der Waals surface area contributed by atoms with E-state index in [0.29, 0.717) is 5.56 Å². The van der Waals surface area contributed by atoms with E-state index in [1.807, 2.05) is 49.4 Å². The van der Waals surface area contributed by atoms with Crippen LogP contribution in [-0.4, -0.2) is 35.3 Å². The minimum atomic E-state index is -1.26. The van der Waals surface area contributed by atoms with Crippen molar-refractivity contribution in [3.05, 3.63) is 71.3 Å². The Morgan fingerprint density at radius 1 is 1.03 bits per heavy atom. The number of amides is 6. The normalized spacial score (nSPS) is 18.3. The first-order valence-corrected chi connectivity index (χ1v) is 9.12. The van der Waals surface area contributed by atoms with Crippen molar-refractivity contribution in [3.8, 4) is 0 Å². The molecule has 0 aromatic heterocycles. The highest BCUT2D eigenvalue weighted by atomic mass is 16.2. The van der Waals surface area contributed by atoms with Crippen LogP contribution in [0.1, 0.15) is 23.6 Å². The zero-order chi connectivity index (χ0) is 21.0. The van der Waals surface area contributed by atoms with E-state index in [9.17, 15) is 19.2 Å². The molecule has 29 heavy (non-hydrogen) atoms. The van der Waals surface area contributed by atoms with Crippen LogP contribution in [0.2, 0.25) is 0 Å². The molecule has 1 atom stereocenters. The van der Waals surface area contributed by atoms with Gasteiger partial charge in [-0.1, -0.05) is 60.2 Å². The monoisotopic (exact) mass is 394 g/mol. The van der Waals surface area contributed by atoms with Gasteiger partial charge in [0.25, 0.3) is 5.91 Å². The highest BCUT2D eigenvalue weighted by molar-refractivity contribution is 6.10. The number of hydrogen-bond acceptors (Lipinski definition) is 4. The van der Waals surface area contributed by atoms with Crippen molar-refractivity contribution in [2.24, 2.45) is 0 Å². The molecular weight excluding hydrogens is 372 g/mol. The van der Waals surface area contributed by atoms with Crippen LogP contribution in [0.5, 0.6) is 0 Å². The first kappa shape index (κ1) is 20.1. The van der Waals surface area contributed by atoms with Crippen molar-refractivity contribution in [3.63, 3.8) is 0 Å². The summed E-state index contributed by atoms with van der Waals surface area (Å²) in [6.07, 6.45) is 0. The molecule has 8 heteroatoms. The average molecular weight is 394 g/mol. The van der Waals surface area contributed by atoms with Crippen LogP contribution in [0, 0.1) is 6.92 Å². The summed E-state index contributed by atoms with van der Waals surface area (Å²) in [5.74, 6) is -1.31. The van der Waals surface area contributed by atoms with E-state index < -0.39 is 36.0 Å². The van der Waals surface area contributed by atoms with Crippen molar-refractivity contribution >= 4 is 23.9 Å². The first-order chi connectivity index (χ1) is 13.8. The summed E-state index contributed by atoms with van der Waals surface area (Å²) in [7, 11) is 0. The maximum Gasteiger partial charge on any atom is 0.325 e. The van der Waals surface area contributed by atoms with Gasteiger partial charge >= 0.3 is 12.1 Å². The van der Waals surface area contributed by atoms with Gasteiger partial charge in [0, 0.05) is 6.54 Å². The molecule has 2 aromatic rings. The molecule has 1 saturated heterocycles. The summed E-state index contributed by atoms with van der Waals surface area (Å²) in [5.41, 5.74) is 1.25. The molecule has 150 valence electrons. The third kappa shape index (κ3) is 4.43. The Bertz CT molecular complexity index is 943. The molecule has 1 heterocycles. The van der Waals surface area contributed by atoms with Crippen LogP contribution in [-0.2, 0) is 21.7 Å². The molecule has 6 amide bonds. The average Bonchev–Trinajstić information content (AvgIpc) is 2.91. The fourth-order valence-electron chi connectivity index (χ4n) is 3.06. The number of urea groups is 2. The second-order valence-corrected chi connectivity index (χ2v) is 7.03. The number of nitrogens with zero attached hydrogens (tertiary/aromatic N) is 1. The fraction of sp³-hybridized carbons (Fsp3) is 0.238. The lowest BCUT2D eigenvalue weighted by molar-refractivity contribution is -0.134. The smallest absolute Gasteiger partial charge is 0.325 e. The molecule has 3 N–H and O–H groups in total. The van der Waals surface area contributed by atoms with Crippen molar-refractivity contribution in [2.75, 3.05) is 6.54 Å². The number of hydrogen-bond donors (Lipinski definition) is 3. The molecule has 1 aliphatic rings. The number of imide groups is 2. The van der Waals surface area contributed by atoms with Gasteiger partial charge in [0.1, 0.15) is 12.1 Å². The topological polar surface area (TPSA) is 108 Å². The van der Waals surface area contributed by atoms with Gasteiger partial charge in [-0.05, 0) is 25.0 Å². The van der Waals surface area contributed by atoms with Gasteiger partial charge in [-0.3, -0.25) is 19.8 Å². The lowest BCUT2D eigenvalue weighted by atomic mass is 9.91. The van der Waals surface area contributed by atoms with Crippen molar-refractivity contribution in [1.82, 2.24) is 20.9 Å². The largest absolute Gasteiger partial charge is 0.334 e. The number of carbonyl (C=O) groups is 4. The molecule has 3 rings (SSSR count). The van der Waals surface area contributed by atoms with E-state index in [1.165, 1.54) is 0 Å². The van der Waals surface area contributed by atoms with E-state index in [-0.39, 0.29) is 6.54 Å². The Balaban J connectivity index is 1.58. The Hall–Kier alpha value is -3.68. The number of rotatable bonds is 5. The SMILES string of the molecule is Cc1ccc([C@@]2(C)NC(=O)N(CC(=O)NC(=O)NCc3ccccc3)C2=O)cc1. The first-order valence-electron chi connectivity index (χ1n) is 9.12. The molecule has 1 aliphatic heterocycles. The predicted molar refractivity (Wildman–Crippen MR) is 106 cm³/mol. The molecule has 0 spiro atoms. The molecule has 1 fully saturated rings. The van der Waals surface area contributed by atoms with Crippen molar-refractivity contribution < 1.29 is 19.2 Å². The highest BCUT2D eigenvalue weighted by Gasteiger charge is 2.49. The van der Waals surface area contributed by atoms with Gasteiger partial charge in [-0.25, -0.2) is 9.59 Å². The van der Waals surface area contributed by atoms with Crippen molar-refractivity contribution in [2.45, 2.75) is 25.9 Å². The lowest BCUT2D eigenvalue weighted by Crippen LogP contribution is -2.46. The molecule has 2 aromatic carbocycles. The summed E-state index contributed by atoms with van der Waals surface area (Å²) in [6, 6.07) is 15.0. The predicted octanol–water partition coefficient (Wildman–Crippen LogP) is 1.79. The van der Waals surface area contributed by atoms with Crippen LogP contribution in [0.3, 0.4) is 0 Å². The zero-order valence-corrected chi connectivity index (χ0v) is 16.2. The summed E-state index contributed by atoms with van der Waals surface area (Å²) in [6.45, 7) is 3.20. The van der Waals surface area contributed by atoms with Crippen LogP contribution in [0.15, 0.2) is 54.6 Å². The molecule has 0 unspecified atom stereocenters. The van der Waals surface area contributed by atoms with E-state index in [1.54, 1.807) is 19.1 Å². The molecule has 0 saturated carbocycles. The molecule has 0 aliphatic carbocycles. The zero-order valence-electron chi connectivity index (χ0n) is 16.2. The molecular formula is C21H22N4O4. The summed E-state index contributed by atoms with van der Waals surface area (Å²) in [4.78, 5) is 50.0. The van der Waals surface area contributed by atoms with Gasteiger partial charge in [0.15, 0.2) is 0 Å². The minimum absolute atomic E-state index is 0.245. The van der Waals surface area contributed by atoms with Crippen LogP contribution >= 0.6 is 0 Å². The lowest BCUT2D eigenvalue weighted by Gasteiger charge is -2.22. The number of carbonyl (C=O) groups excluding carboxylic acids is 4. The Kier molecular flexibility index (Phi) is 5.63. The molecule has 0 bridgehead atoms. The summed E-state index contributed by atoms with van der Waals surface area (Å²) in [5, 5.41) is 7.31. The van der Waals surface area contributed by atoms with Crippen LogP contribution in [0.25, 0.3) is 0 Å². The maximum atomic E-state index is 12.8. The summed E-state index contributed by atoms with van der Waals surface area (Å²) >= 11 is 0. The van der Waals surface area contributed by atoms with Crippen LogP contribution in [0.4, 0.5) is 9.59 Å². The Morgan fingerprint density at radius 3 is 2.34 bits per heavy atom. The van der Waals surface area contributed by atoms with E-state index in [2.05, 4.69) is 16.0 Å². The highest BCUT2D eigenvalue weighted by Crippen LogP contribution is 2.28. The summed E-state index contributed by atoms with van der Waals surface area (Å²) < 4.78 is 0. The molecule has 8 nitrogen and oxygen atoms in total. The fourth-order valence-corrected chi connectivity index (χ4v) is 3.06. The van der Waals surface area contributed by atoms with Gasteiger partial charge in [0.2, 0.25) is 5.91 Å². The number of nitrogens with one attached hydrogen (secondary N) is 3. The molecule has 0 radical (unpaired) electrons. The second-order valence-electron chi connectivity index (χ2n) is 7.03. The Morgan fingerprint density at radius 2 is 1.69 bits per heavy atom. The van der Waals surface area contributed by atoms with Gasteiger partial charge in [-0.15, -0.1) is 0 Å².